The number of thioether (sulfide) groups is 1. The molecule has 21 heavy (non-hydrogen) atoms. The molecule has 0 saturated heterocycles. The van der Waals surface area contributed by atoms with Crippen LogP contribution in [0.5, 0.6) is 0 Å². The Morgan fingerprint density at radius 2 is 2.19 bits per heavy atom. The van der Waals surface area contributed by atoms with Crippen LogP contribution >= 0.6 is 39.0 Å². The minimum absolute atomic E-state index is 0.524. The molecule has 1 aromatic heterocycles. The van der Waals surface area contributed by atoms with Gasteiger partial charge in [-0.2, -0.15) is 0 Å². The van der Waals surface area contributed by atoms with E-state index in [2.05, 4.69) is 63.9 Å². The molecule has 2 unspecified atom stereocenters. The predicted molar refractivity (Wildman–Crippen MR) is 97.7 cm³/mol. The van der Waals surface area contributed by atoms with Gasteiger partial charge >= 0.3 is 0 Å². The van der Waals surface area contributed by atoms with Gasteiger partial charge in [0.05, 0.1) is 0 Å². The van der Waals surface area contributed by atoms with Gasteiger partial charge in [0.1, 0.15) is 0 Å². The van der Waals surface area contributed by atoms with Gasteiger partial charge in [-0.1, -0.05) is 25.1 Å². The number of thiophene rings is 1. The van der Waals surface area contributed by atoms with Crippen LogP contribution in [0.1, 0.15) is 29.7 Å². The largest absolute Gasteiger partial charge is 0.313 e. The van der Waals surface area contributed by atoms with E-state index in [0.29, 0.717) is 12.0 Å². The van der Waals surface area contributed by atoms with E-state index < -0.39 is 0 Å². The summed E-state index contributed by atoms with van der Waals surface area (Å²) >= 11 is 7.54. The highest BCUT2D eigenvalue weighted by Gasteiger charge is 2.30. The zero-order chi connectivity index (χ0) is 14.7. The number of hydrogen-bond acceptors (Lipinski definition) is 3. The third-order valence-electron chi connectivity index (χ3n) is 3.98. The Morgan fingerprint density at radius 1 is 1.33 bits per heavy atom. The van der Waals surface area contributed by atoms with Gasteiger partial charge in [0, 0.05) is 32.0 Å². The number of hydrogen-bond donors (Lipinski definition) is 1. The van der Waals surface area contributed by atoms with Crippen molar-refractivity contribution < 1.29 is 0 Å². The van der Waals surface area contributed by atoms with Crippen molar-refractivity contribution in [3.05, 3.63) is 50.6 Å². The fourth-order valence-electron chi connectivity index (χ4n) is 2.88. The van der Waals surface area contributed by atoms with Crippen LogP contribution in [0.25, 0.3) is 0 Å². The molecule has 0 aliphatic carbocycles. The zero-order valence-electron chi connectivity index (χ0n) is 12.1. The zero-order valence-corrected chi connectivity index (χ0v) is 15.4. The number of benzene rings is 1. The summed E-state index contributed by atoms with van der Waals surface area (Å²) in [7, 11) is 0. The third kappa shape index (κ3) is 3.55. The Labute approximate surface area is 143 Å². The monoisotopic (exact) mass is 381 g/mol. The highest BCUT2D eigenvalue weighted by atomic mass is 79.9. The maximum atomic E-state index is 3.79. The lowest BCUT2D eigenvalue weighted by atomic mass is 9.90. The molecule has 2 aromatic rings. The molecule has 0 spiro atoms. The SMILES string of the molecule is CCCNC(Cc1sccc1Br)C1CSc2ccccc21. The molecule has 1 aliphatic rings. The first-order valence-electron chi connectivity index (χ1n) is 7.46. The van der Waals surface area contributed by atoms with Crippen LogP contribution in [0.4, 0.5) is 0 Å². The second-order valence-corrected chi connectivity index (χ2v) is 8.33. The lowest BCUT2D eigenvalue weighted by molar-refractivity contribution is 0.453. The maximum Gasteiger partial charge on any atom is 0.0314 e. The van der Waals surface area contributed by atoms with Gasteiger partial charge in [-0.15, -0.1) is 23.1 Å². The summed E-state index contributed by atoms with van der Waals surface area (Å²) < 4.78 is 1.26. The molecule has 3 rings (SSSR count). The van der Waals surface area contributed by atoms with Crippen LogP contribution in [0, 0.1) is 0 Å². The van der Waals surface area contributed by atoms with Crippen LogP contribution in [0.15, 0.2) is 45.1 Å². The van der Waals surface area contributed by atoms with Gasteiger partial charge in [-0.3, -0.25) is 0 Å². The molecule has 1 aliphatic heterocycles. The van der Waals surface area contributed by atoms with Crippen molar-refractivity contribution in [2.45, 2.75) is 36.6 Å². The maximum absolute atomic E-state index is 3.79. The first kappa shape index (κ1) is 15.6. The molecule has 4 heteroatoms. The molecule has 1 nitrogen and oxygen atoms in total. The summed E-state index contributed by atoms with van der Waals surface area (Å²) in [6.45, 7) is 3.33. The van der Waals surface area contributed by atoms with Crippen molar-refractivity contribution in [3.63, 3.8) is 0 Å². The first-order valence-corrected chi connectivity index (χ1v) is 10.1. The first-order chi connectivity index (χ1) is 10.3. The highest BCUT2D eigenvalue weighted by Crippen LogP contribution is 2.42. The summed E-state index contributed by atoms with van der Waals surface area (Å²) in [4.78, 5) is 2.93. The molecule has 1 aromatic carbocycles. The van der Waals surface area contributed by atoms with Crippen molar-refractivity contribution in [1.29, 1.82) is 0 Å². The quantitative estimate of drug-likeness (QED) is 0.727. The molecular formula is C17H20BrNS2. The number of halogens is 1. The van der Waals surface area contributed by atoms with Gasteiger partial charge in [-0.05, 0) is 58.4 Å². The third-order valence-corrected chi connectivity index (χ3v) is 7.13. The lowest BCUT2D eigenvalue weighted by Crippen LogP contribution is -2.37. The van der Waals surface area contributed by atoms with E-state index >= 15 is 0 Å². The van der Waals surface area contributed by atoms with Crippen LogP contribution in [-0.2, 0) is 6.42 Å². The Balaban J connectivity index is 1.81. The molecule has 0 fully saturated rings. The van der Waals surface area contributed by atoms with Gasteiger partial charge < -0.3 is 5.32 Å². The summed E-state index contributed by atoms with van der Waals surface area (Å²) in [6, 6.07) is 11.6. The minimum Gasteiger partial charge on any atom is -0.313 e. The second-order valence-electron chi connectivity index (χ2n) is 5.41. The molecule has 1 N–H and O–H groups in total. The van der Waals surface area contributed by atoms with E-state index in [9.17, 15) is 0 Å². The van der Waals surface area contributed by atoms with Crippen LogP contribution in [0.2, 0.25) is 0 Å². The molecule has 2 heterocycles. The van der Waals surface area contributed by atoms with Crippen molar-refractivity contribution in [1.82, 2.24) is 5.32 Å². The van der Waals surface area contributed by atoms with E-state index in [1.165, 1.54) is 32.0 Å². The number of fused-ring (bicyclic) bond motifs is 1. The van der Waals surface area contributed by atoms with Gasteiger partial charge in [0.15, 0.2) is 0 Å². The van der Waals surface area contributed by atoms with Crippen molar-refractivity contribution in [2.75, 3.05) is 12.3 Å². The standard InChI is InChI=1S/C17H20BrNS2/c1-2-8-19-15(10-17-14(18)7-9-20-17)13-11-21-16-6-4-3-5-12(13)16/h3-7,9,13,15,19H,2,8,10-11H2,1H3. The number of nitrogens with one attached hydrogen (secondary N) is 1. The van der Waals surface area contributed by atoms with E-state index in [-0.39, 0.29) is 0 Å². The second kappa shape index (κ2) is 7.32. The summed E-state index contributed by atoms with van der Waals surface area (Å²) in [6.07, 6.45) is 2.29. The van der Waals surface area contributed by atoms with Crippen LogP contribution < -0.4 is 5.32 Å². The smallest absolute Gasteiger partial charge is 0.0314 e. The van der Waals surface area contributed by atoms with E-state index in [0.717, 1.165) is 13.0 Å². The molecular weight excluding hydrogens is 362 g/mol. The molecule has 0 bridgehead atoms. The molecule has 2 atom stereocenters. The average Bonchev–Trinajstić information content (AvgIpc) is 3.10. The van der Waals surface area contributed by atoms with E-state index in [1.807, 2.05) is 23.1 Å². The molecule has 0 saturated carbocycles. The Hall–Kier alpha value is -0.290. The average molecular weight is 382 g/mol. The van der Waals surface area contributed by atoms with E-state index in [4.69, 9.17) is 0 Å². The molecule has 112 valence electrons. The van der Waals surface area contributed by atoms with Crippen molar-refractivity contribution in [3.8, 4) is 0 Å². The Bertz CT molecular complexity index is 596. The summed E-state index contributed by atoms with van der Waals surface area (Å²) in [5, 5.41) is 5.96. The summed E-state index contributed by atoms with van der Waals surface area (Å²) in [5.41, 5.74) is 1.53. The fraction of sp³-hybridized carbons (Fsp3) is 0.412. The predicted octanol–water partition coefficient (Wildman–Crippen LogP) is 5.31. The van der Waals surface area contributed by atoms with Crippen molar-refractivity contribution >= 4 is 39.0 Å². The van der Waals surface area contributed by atoms with Crippen LogP contribution in [-0.4, -0.2) is 18.3 Å². The highest BCUT2D eigenvalue weighted by molar-refractivity contribution is 9.10. The van der Waals surface area contributed by atoms with Gasteiger partial charge in [0.25, 0.3) is 0 Å². The van der Waals surface area contributed by atoms with Gasteiger partial charge in [-0.25, -0.2) is 0 Å². The lowest BCUT2D eigenvalue weighted by Gasteiger charge is -2.25. The van der Waals surface area contributed by atoms with Crippen LogP contribution in [0.3, 0.4) is 0 Å². The van der Waals surface area contributed by atoms with Gasteiger partial charge in [0.2, 0.25) is 0 Å². The van der Waals surface area contributed by atoms with E-state index in [1.54, 1.807) is 0 Å². The van der Waals surface area contributed by atoms with Crippen molar-refractivity contribution in [2.24, 2.45) is 0 Å². The topological polar surface area (TPSA) is 12.0 Å². The Kier molecular flexibility index (Phi) is 5.43. The summed E-state index contributed by atoms with van der Waals surface area (Å²) in [5.74, 6) is 1.82. The minimum atomic E-state index is 0.524. The normalized spacial score (nSPS) is 18.7. The Morgan fingerprint density at radius 3 is 2.95 bits per heavy atom. The fourth-order valence-corrected chi connectivity index (χ4v) is 5.78. The molecule has 0 amide bonds. The number of rotatable bonds is 6. The molecule has 0 radical (unpaired) electrons.